The zero-order valence-corrected chi connectivity index (χ0v) is 17.4. The second kappa shape index (κ2) is 8.06. The van der Waals surface area contributed by atoms with Crippen LogP contribution >= 0.6 is 0 Å². The summed E-state index contributed by atoms with van der Waals surface area (Å²) in [5.74, 6) is -0.460. The smallest absolute Gasteiger partial charge is 0.408 e. The van der Waals surface area contributed by atoms with Crippen molar-refractivity contribution in [3.63, 3.8) is 0 Å². The van der Waals surface area contributed by atoms with Gasteiger partial charge in [0.2, 0.25) is 5.91 Å². The molecule has 2 aromatic heterocycles. The second-order valence-electron chi connectivity index (χ2n) is 8.18. The Balaban J connectivity index is 2.02. The summed E-state index contributed by atoms with van der Waals surface area (Å²) in [5, 5.41) is 10.1. The van der Waals surface area contributed by atoms with Crippen LogP contribution in [0.25, 0.3) is 11.3 Å². The Hall–Kier alpha value is -3.16. The first-order valence-corrected chi connectivity index (χ1v) is 9.58. The van der Waals surface area contributed by atoms with Gasteiger partial charge < -0.3 is 15.4 Å². The summed E-state index contributed by atoms with van der Waals surface area (Å²) in [4.78, 5) is 29.3. The largest absolute Gasteiger partial charge is 0.444 e. The fourth-order valence-electron chi connectivity index (χ4n) is 3.13. The molecule has 2 aromatic rings. The lowest BCUT2D eigenvalue weighted by Crippen LogP contribution is -2.35. The minimum absolute atomic E-state index is 0.128. The number of alkyl carbamates (subject to hydrolysis) is 1. The Morgan fingerprint density at radius 2 is 2.07 bits per heavy atom. The zero-order valence-electron chi connectivity index (χ0n) is 17.4. The van der Waals surface area contributed by atoms with Gasteiger partial charge in [0, 0.05) is 25.0 Å². The number of carbonyl (C=O) groups is 2. The van der Waals surface area contributed by atoms with Crippen molar-refractivity contribution in [2.45, 2.75) is 45.8 Å². The molecule has 1 aliphatic rings. The van der Waals surface area contributed by atoms with Crippen LogP contribution in [0.1, 0.15) is 45.7 Å². The van der Waals surface area contributed by atoms with Gasteiger partial charge in [-0.2, -0.15) is 5.10 Å². The number of nitrogens with one attached hydrogen (secondary N) is 2. The molecule has 2 N–H and O–H groups in total. The number of aromatic nitrogens is 3. The van der Waals surface area contributed by atoms with Crippen molar-refractivity contribution in [2.24, 2.45) is 13.0 Å². The molecule has 2 amide bonds. The highest BCUT2D eigenvalue weighted by Crippen LogP contribution is 2.30. The highest BCUT2D eigenvalue weighted by atomic mass is 16.6. The van der Waals surface area contributed by atoms with E-state index in [1.165, 1.54) is 0 Å². The van der Waals surface area contributed by atoms with E-state index in [-0.39, 0.29) is 17.9 Å². The Morgan fingerprint density at radius 1 is 1.31 bits per heavy atom. The van der Waals surface area contributed by atoms with Gasteiger partial charge >= 0.3 is 6.09 Å². The first-order chi connectivity index (χ1) is 13.6. The summed E-state index contributed by atoms with van der Waals surface area (Å²) in [6, 6.07) is 1.60. The molecule has 0 aliphatic carbocycles. The summed E-state index contributed by atoms with van der Waals surface area (Å²) in [7, 11) is 1.81. The van der Waals surface area contributed by atoms with Gasteiger partial charge in [0.15, 0.2) is 0 Å². The van der Waals surface area contributed by atoms with Gasteiger partial charge in [-0.3, -0.25) is 14.5 Å². The lowest BCUT2D eigenvalue weighted by molar-refractivity contribution is -0.118. The molecule has 8 nitrogen and oxygen atoms in total. The Morgan fingerprint density at radius 3 is 2.79 bits per heavy atom. The average molecular weight is 397 g/mol. The topological polar surface area (TPSA) is 98.1 Å². The Labute approximate surface area is 170 Å². The second-order valence-corrected chi connectivity index (χ2v) is 8.18. The van der Waals surface area contributed by atoms with Crippen LogP contribution in [0.5, 0.6) is 0 Å². The van der Waals surface area contributed by atoms with Crippen LogP contribution in [0, 0.1) is 5.92 Å². The van der Waals surface area contributed by atoms with Gasteiger partial charge in [-0.1, -0.05) is 19.1 Å². The molecule has 0 radical (unpaired) electrons. The molecular weight excluding hydrogens is 370 g/mol. The summed E-state index contributed by atoms with van der Waals surface area (Å²) in [5.41, 5.74) is 2.41. The highest BCUT2D eigenvalue weighted by Gasteiger charge is 2.23. The molecule has 8 heteroatoms. The molecule has 0 saturated carbocycles. The van der Waals surface area contributed by atoms with Gasteiger partial charge in [-0.15, -0.1) is 0 Å². The van der Waals surface area contributed by atoms with Gasteiger partial charge in [-0.05, 0) is 38.8 Å². The van der Waals surface area contributed by atoms with Crippen molar-refractivity contribution in [1.82, 2.24) is 20.1 Å². The van der Waals surface area contributed by atoms with Crippen molar-refractivity contribution < 1.29 is 14.3 Å². The minimum atomic E-state index is -0.596. The minimum Gasteiger partial charge on any atom is -0.444 e. The van der Waals surface area contributed by atoms with Crippen molar-refractivity contribution in [3.8, 4) is 11.3 Å². The molecule has 0 aromatic carbocycles. The average Bonchev–Trinajstić information content (AvgIpc) is 2.98. The van der Waals surface area contributed by atoms with E-state index in [1.807, 2.05) is 53.0 Å². The number of hydrogen-bond acceptors (Lipinski definition) is 5. The summed E-state index contributed by atoms with van der Waals surface area (Å²) in [6.45, 7) is 7.28. The number of rotatable bonds is 1. The van der Waals surface area contributed by atoms with Crippen LogP contribution in [-0.4, -0.2) is 32.4 Å². The molecule has 0 saturated heterocycles. The third-order valence-electron chi connectivity index (χ3n) is 4.53. The molecule has 29 heavy (non-hydrogen) atoms. The molecule has 2 atom stereocenters. The standard InChI is InChI=1S/C21H27N5O3/c1-13-7-6-8-16(25-20(28)29-21(2,3)4)14-9-15(11-22-10-14)18-17(24-19(13)27)12-23-26(18)5/h6-7,9-13,16H,8H2,1-5H3,(H,24,27)(H,25,28)/b7-6-/t13-,16+/m1/s1. The van der Waals surface area contributed by atoms with Gasteiger partial charge in [0.25, 0.3) is 0 Å². The number of pyridine rings is 1. The van der Waals surface area contributed by atoms with Gasteiger partial charge in [0.1, 0.15) is 5.60 Å². The van der Waals surface area contributed by atoms with E-state index in [0.29, 0.717) is 12.1 Å². The highest BCUT2D eigenvalue weighted by molar-refractivity contribution is 5.96. The van der Waals surface area contributed by atoms with E-state index in [0.717, 1.165) is 16.8 Å². The van der Waals surface area contributed by atoms with Crippen molar-refractivity contribution in [2.75, 3.05) is 5.32 Å². The number of amides is 2. The molecule has 2 bridgehead atoms. The van der Waals surface area contributed by atoms with E-state index < -0.39 is 11.7 Å². The molecule has 3 heterocycles. The maximum atomic E-state index is 12.5. The van der Waals surface area contributed by atoms with E-state index in [1.54, 1.807) is 23.3 Å². The number of ether oxygens (including phenoxy) is 1. The molecule has 1 aliphatic heterocycles. The van der Waals surface area contributed by atoms with Crippen molar-refractivity contribution in [3.05, 3.63) is 42.4 Å². The summed E-state index contributed by atoms with van der Waals surface area (Å²) in [6.07, 6.45) is 8.78. The van der Waals surface area contributed by atoms with Crippen LogP contribution in [0.3, 0.4) is 0 Å². The van der Waals surface area contributed by atoms with E-state index in [9.17, 15) is 9.59 Å². The molecule has 154 valence electrons. The molecular formula is C21H27N5O3. The van der Waals surface area contributed by atoms with Crippen LogP contribution < -0.4 is 10.6 Å². The maximum absolute atomic E-state index is 12.5. The molecule has 0 spiro atoms. The third kappa shape index (κ3) is 5.01. The van der Waals surface area contributed by atoms with Gasteiger partial charge in [0.05, 0.1) is 29.5 Å². The van der Waals surface area contributed by atoms with Crippen LogP contribution in [0.15, 0.2) is 36.8 Å². The number of aryl methyl sites for hydroxylation is 1. The fraction of sp³-hybridized carbons (Fsp3) is 0.429. The Bertz CT molecular complexity index is 942. The zero-order chi connectivity index (χ0) is 21.2. The molecule has 3 rings (SSSR count). The first-order valence-electron chi connectivity index (χ1n) is 9.58. The van der Waals surface area contributed by atoms with Gasteiger partial charge in [-0.25, -0.2) is 4.79 Å². The SMILES string of the molecule is C[C@@H]1/C=C\C[C@H](NC(=O)OC(C)(C)C)c2cncc(c2)-c2c(cnn2C)NC1=O. The van der Waals surface area contributed by atoms with E-state index in [4.69, 9.17) is 4.74 Å². The number of carbonyl (C=O) groups excluding carboxylic acids is 2. The first kappa shape index (κ1) is 20.6. The van der Waals surface area contributed by atoms with Crippen LogP contribution in [0.4, 0.5) is 10.5 Å². The van der Waals surface area contributed by atoms with E-state index in [2.05, 4.69) is 20.7 Å². The summed E-state index contributed by atoms with van der Waals surface area (Å²) >= 11 is 0. The maximum Gasteiger partial charge on any atom is 0.408 e. The lowest BCUT2D eigenvalue weighted by Gasteiger charge is -2.24. The lowest BCUT2D eigenvalue weighted by atomic mass is 10.0. The third-order valence-corrected chi connectivity index (χ3v) is 4.53. The normalized spacial score (nSPS) is 20.5. The fourth-order valence-corrected chi connectivity index (χ4v) is 3.13. The number of fused-ring (bicyclic) bond motifs is 4. The quantitative estimate of drug-likeness (QED) is 0.717. The number of nitrogens with zero attached hydrogens (tertiary/aromatic N) is 3. The molecule has 0 unspecified atom stereocenters. The number of hydrogen-bond donors (Lipinski definition) is 2. The Kier molecular flexibility index (Phi) is 5.72. The van der Waals surface area contributed by atoms with Crippen LogP contribution in [-0.2, 0) is 16.6 Å². The van der Waals surface area contributed by atoms with Crippen LogP contribution in [0.2, 0.25) is 0 Å². The molecule has 0 fully saturated rings. The van der Waals surface area contributed by atoms with Crippen molar-refractivity contribution in [1.29, 1.82) is 0 Å². The van der Waals surface area contributed by atoms with Crippen molar-refractivity contribution >= 4 is 17.7 Å². The number of anilines is 1. The predicted octanol–water partition coefficient (Wildman–Crippen LogP) is 3.58. The summed E-state index contributed by atoms with van der Waals surface area (Å²) < 4.78 is 7.11. The van der Waals surface area contributed by atoms with E-state index >= 15 is 0 Å². The predicted molar refractivity (Wildman–Crippen MR) is 110 cm³/mol. The monoisotopic (exact) mass is 397 g/mol.